The van der Waals surface area contributed by atoms with Gasteiger partial charge >= 0.3 is 0 Å². The molecule has 10 aromatic rings. The summed E-state index contributed by atoms with van der Waals surface area (Å²) in [7, 11) is 0. The van der Waals surface area contributed by atoms with Crippen LogP contribution in [0.2, 0.25) is 10.3 Å². The molecule has 0 atom stereocenters. The highest BCUT2D eigenvalue weighted by molar-refractivity contribution is 9.11. The number of alkyl halides is 4. The lowest BCUT2D eigenvalue weighted by Crippen LogP contribution is -2.45. The third kappa shape index (κ3) is 22.2. The minimum atomic E-state index is -2.82. The Hall–Kier alpha value is -9.62. The van der Waals surface area contributed by atoms with Gasteiger partial charge in [0.25, 0.3) is 24.7 Å². The van der Waals surface area contributed by atoms with Crippen LogP contribution in [0.3, 0.4) is 0 Å². The Morgan fingerprint density at radius 1 is 0.549 bits per heavy atom. The number of aromatic amines is 1. The van der Waals surface area contributed by atoms with Crippen LogP contribution in [-0.2, 0) is 20.3 Å². The first-order chi connectivity index (χ1) is 53.0. The van der Waals surface area contributed by atoms with Crippen LogP contribution < -0.4 is 51.6 Å². The second kappa shape index (κ2) is 37.6. The van der Waals surface area contributed by atoms with E-state index >= 15 is 4.39 Å². The third-order valence-electron chi connectivity index (χ3n) is 16.6. The Balaban J connectivity index is 0.000000175. The fourth-order valence-corrected chi connectivity index (χ4v) is 13.2. The van der Waals surface area contributed by atoms with Crippen LogP contribution in [0.5, 0.6) is 28.7 Å². The number of nitrogen functional groups attached to an aromatic ring is 2. The number of primary amides is 1. The van der Waals surface area contributed by atoms with Gasteiger partial charge in [0.1, 0.15) is 33.6 Å². The Morgan fingerprint density at radius 2 is 0.991 bits per heavy atom. The second-order valence-electron chi connectivity index (χ2n) is 27.9. The van der Waals surface area contributed by atoms with E-state index < -0.39 is 76.4 Å². The Morgan fingerprint density at radius 3 is 1.45 bits per heavy atom. The van der Waals surface area contributed by atoms with E-state index in [1.807, 2.05) is 68.5 Å². The lowest BCUT2D eigenvalue weighted by Gasteiger charge is -2.41. The summed E-state index contributed by atoms with van der Waals surface area (Å²) >= 11 is 17.1. The van der Waals surface area contributed by atoms with Gasteiger partial charge in [-0.15, -0.1) is 0 Å². The third-order valence-corrected chi connectivity index (χ3v) is 18.2. The maximum absolute atomic E-state index is 15.5. The molecule has 0 unspecified atom stereocenters. The van der Waals surface area contributed by atoms with Crippen molar-refractivity contribution in [1.82, 2.24) is 48.7 Å². The van der Waals surface area contributed by atoms with Gasteiger partial charge in [-0.1, -0.05) is 35.3 Å². The summed E-state index contributed by atoms with van der Waals surface area (Å²) in [6.07, 6.45) is 9.80. The molecule has 8 N–H and O–H groups in total. The summed E-state index contributed by atoms with van der Waals surface area (Å²) in [4.78, 5) is 62.8. The molecule has 113 heavy (non-hydrogen) atoms. The number of hydrogen-bond acceptors (Lipinski definition) is 19. The van der Waals surface area contributed by atoms with Crippen molar-refractivity contribution in [3.05, 3.63) is 203 Å². The molecule has 0 radical (unpaired) electrons. The van der Waals surface area contributed by atoms with Crippen molar-refractivity contribution in [1.29, 1.82) is 0 Å². The van der Waals surface area contributed by atoms with Crippen LogP contribution in [0.25, 0.3) is 11.3 Å². The number of halogens is 14. The van der Waals surface area contributed by atoms with Gasteiger partial charge in [0.15, 0.2) is 56.8 Å². The molecule has 4 aliphatic heterocycles. The lowest BCUT2D eigenvalue weighted by molar-refractivity contribution is 0.0151. The molecular weight excluding hydrogens is 1680 g/mol. The number of nitrogens with one attached hydrogen (secondary N) is 2. The quantitative estimate of drug-likeness (QED) is 0.0418. The maximum Gasteiger partial charge on any atom is 0.280 e. The first kappa shape index (κ1) is 88.9. The summed E-state index contributed by atoms with van der Waals surface area (Å²) in [5.74, 6) is -5.30. The zero-order valence-corrected chi connectivity index (χ0v) is 67.4. The van der Waals surface area contributed by atoms with Crippen molar-refractivity contribution in [2.24, 2.45) is 5.73 Å². The van der Waals surface area contributed by atoms with Gasteiger partial charge in [-0.3, -0.25) is 14.4 Å². The molecule has 4 saturated heterocycles. The molecule has 2 aliphatic carbocycles. The number of carbonyl (C=O) groups excluding carboxylic acids is 2. The monoisotopic (exact) mass is 1750 g/mol. The zero-order valence-electron chi connectivity index (χ0n) is 62.7. The number of imidazole rings is 2. The van der Waals surface area contributed by atoms with Crippen LogP contribution in [0.1, 0.15) is 165 Å². The first-order valence-electron chi connectivity index (χ1n) is 34.6. The predicted molar refractivity (Wildman–Crippen MR) is 408 cm³/mol. The average molecular weight is 1760 g/mol. The molecule has 0 spiro atoms. The van der Waals surface area contributed by atoms with E-state index in [9.17, 15) is 53.9 Å². The van der Waals surface area contributed by atoms with E-state index in [0.29, 0.717) is 27.8 Å². The van der Waals surface area contributed by atoms with E-state index in [1.54, 1.807) is 30.6 Å². The minimum Gasteiger partial charge on any atom is -0.488 e. The number of amides is 2. The summed E-state index contributed by atoms with van der Waals surface area (Å²) in [5, 5.41) is 2.14. The molecule has 608 valence electrons. The highest BCUT2D eigenvalue weighted by Crippen LogP contribution is 2.59. The summed E-state index contributed by atoms with van der Waals surface area (Å²) in [6, 6.07) is 11.5. The number of fused-ring (bicyclic) bond motifs is 4. The number of ether oxygens (including phenoxy) is 7. The van der Waals surface area contributed by atoms with Crippen molar-refractivity contribution in [2.75, 3.05) is 30.0 Å². The SMILES string of the molecule is CC(C)Oc1c(Br)cn2cc(C34COC(C)(C3)C4)nc2c1F.CC(C)Oc1c(Br)cnc(N)c1F.CC(C)Oc1c(NC(=O)c2cccc(C(F)F)n2)cn2cc(C34COC(C)(C3)C4)nc2c1F.CC(C)Oc1ccnc(Cl)c1F.CC(C)Oc1ccnc(N)c1F.NC(=O)c1cccc(C(F)F)n1.O=c1cc[nH]c(Cl)c1F. The summed E-state index contributed by atoms with van der Waals surface area (Å²) < 4.78 is 174. The Labute approximate surface area is 668 Å². The lowest BCUT2D eigenvalue weighted by atomic mass is 9.62. The number of aromatic nitrogens is 10. The minimum absolute atomic E-state index is 0.0131. The van der Waals surface area contributed by atoms with Gasteiger partial charge < -0.3 is 69.5 Å². The number of rotatable bonds is 17. The average Bonchev–Trinajstić information content (AvgIpc) is 1.55. The topological polar surface area (TPSA) is 321 Å². The van der Waals surface area contributed by atoms with Crippen molar-refractivity contribution in [2.45, 2.75) is 174 Å². The molecular formula is C75H80Br2Cl2F10N14O10. The maximum atomic E-state index is 15.5. The molecule has 24 nitrogen and oxygen atoms in total. The standard InChI is InChI=1S/C23H23F3N4O3.C16H18BrFN2O2.C8H10BrFN2O.C8H9ClFNO.C8H11FN2O.C7H6F2N2O.C5H3ClFNO/c1-12(2)33-18-15(28-21(31)14-6-4-5-13(27-14)19(25)26)7-30-8-16(29-20(30)17(18)24)23-9-22(3,10-23)32-11-23;1-9(2)22-13-10(17)4-20-5-11(19-14(20)12(13)18)16-6-15(3,7-16)21-8-16;1-4(2)13-7-5(9)3-12-8(11)6(7)10;1-5(2)12-6-3-4-11-8(9)7(6)10;1-5(2)12-6-3-4-11-8(10)7(6)9;8-6(9)4-2-1-3-5(11-4)7(10)12;6-5-4(7)3(9)1-2-8-5/h4-8,12,19H,9-11H2,1-3H3,(H,28,31);4-5,9H,6-8H2,1-3H3;3-4H,1-2H3,(H2,11,12);3-5H,1-2H3;3-5H,1-2H3,(H2,10,11);1-3,6H,(H2,10,12);1-2H,(H,8,9). The van der Waals surface area contributed by atoms with E-state index in [-0.39, 0.29) is 126 Å². The fraction of sp³-hybridized carbons (Fsp3) is 0.387. The molecule has 6 aliphatic rings. The van der Waals surface area contributed by atoms with Gasteiger partial charge in [-0.2, -0.15) is 26.3 Å². The van der Waals surface area contributed by atoms with Gasteiger partial charge in [-0.25, -0.2) is 52.4 Å². The predicted octanol–water partition coefficient (Wildman–Crippen LogP) is 17.4. The number of carbonyl (C=O) groups is 2. The molecule has 16 rings (SSSR count). The van der Waals surface area contributed by atoms with E-state index in [2.05, 4.69) is 84.0 Å². The zero-order chi connectivity index (χ0) is 83.5. The van der Waals surface area contributed by atoms with Crippen LogP contribution in [0.4, 0.5) is 61.2 Å². The highest BCUT2D eigenvalue weighted by Gasteiger charge is 2.62. The van der Waals surface area contributed by atoms with E-state index in [4.69, 9.17) is 73.6 Å². The molecule has 2 amide bonds. The van der Waals surface area contributed by atoms with Gasteiger partial charge in [-0.05, 0) is 165 Å². The van der Waals surface area contributed by atoms with Gasteiger partial charge in [0.05, 0.1) is 75.3 Å². The number of H-pyrrole nitrogens is 1. The van der Waals surface area contributed by atoms with Gasteiger partial charge in [0.2, 0.25) is 40.3 Å². The van der Waals surface area contributed by atoms with Crippen molar-refractivity contribution in [3.8, 4) is 28.7 Å². The van der Waals surface area contributed by atoms with Crippen molar-refractivity contribution < 1.29 is 86.7 Å². The Bertz CT molecular complexity index is 5040. The number of pyridine rings is 8. The molecule has 10 aromatic heterocycles. The normalized spacial score (nSPS) is 18.1. The molecule has 0 aromatic carbocycles. The van der Waals surface area contributed by atoms with Crippen molar-refractivity contribution in [3.63, 3.8) is 0 Å². The molecule has 38 heteroatoms. The van der Waals surface area contributed by atoms with Gasteiger partial charge in [0, 0.05) is 78.6 Å². The smallest absolute Gasteiger partial charge is 0.280 e. The molecule has 2 saturated carbocycles. The number of anilines is 3. The van der Waals surface area contributed by atoms with E-state index in [0.717, 1.165) is 55.3 Å². The highest BCUT2D eigenvalue weighted by atomic mass is 79.9. The van der Waals surface area contributed by atoms with E-state index in [1.165, 1.54) is 71.8 Å². The van der Waals surface area contributed by atoms with Crippen LogP contribution in [0, 0.1) is 34.9 Å². The molecule has 4 bridgehead atoms. The van der Waals surface area contributed by atoms with Crippen molar-refractivity contribution >= 4 is 95.5 Å². The molecule has 14 heterocycles. The van der Waals surface area contributed by atoms with Crippen LogP contribution in [0.15, 0.2) is 118 Å². The fourth-order valence-electron chi connectivity index (χ4n) is 12.1. The van der Waals surface area contributed by atoms with Crippen LogP contribution in [-0.4, -0.2) is 115 Å². The largest absolute Gasteiger partial charge is 0.488 e. The second-order valence-corrected chi connectivity index (χ2v) is 30.4. The number of nitrogens with two attached hydrogens (primary N) is 3. The van der Waals surface area contributed by atoms with Crippen LogP contribution >= 0.6 is 55.1 Å². The summed E-state index contributed by atoms with van der Waals surface area (Å²) in [6.45, 7) is 23.4. The number of nitrogens with zero attached hydrogens (tertiary/aromatic N) is 9. The first-order valence-corrected chi connectivity index (χ1v) is 37.0. The number of hydrogen-bond donors (Lipinski definition) is 5. The summed E-state index contributed by atoms with van der Waals surface area (Å²) in [5.41, 5.74) is 14.9. The molecule has 6 fully saturated rings. The Kier molecular flexibility index (Phi) is 29.6.